The van der Waals surface area contributed by atoms with E-state index >= 15 is 0 Å². The smallest absolute Gasteiger partial charge is 0.172 e. The number of nitrogens with zero attached hydrogens (tertiary/aromatic N) is 1. The van der Waals surface area contributed by atoms with Crippen LogP contribution >= 0.6 is 0 Å². The molecule has 1 radical (unpaired) electrons. The summed E-state index contributed by atoms with van der Waals surface area (Å²) in [4.78, 5) is 4.59. The molecule has 1 aliphatic heterocycles. The molecule has 0 bridgehead atoms. The van der Waals surface area contributed by atoms with Crippen molar-refractivity contribution >= 4 is 5.71 Å². The predicted molar refractivity (Wildman–Crippen MR) is 29.3 cm³/mol. The first-order valence-electron chi connectivity index (χ1n) is 2.45. The minimum absolute atomic E-state index is 0.580. The maximum absolute atomic E-state index is 4.79. The van der Waals surface area contributed by atoms with Gasteiger partial charge in [0.05, 0.1) is 12.3 Å². The highest BCUT2D eigenvalue weighted by atomic mass is 16.6. The molecule has 45 valence electrons. The quantitative estimate of drug-likeness (QED) is 0.525. The Hall–Kier alpha value is -0.570. The lowest BCUT2D eigenvalue weighted by Gasteiger charge is -1.90. The first kappa shape index (κ1) is 5.56. The maximum atomic E-state index is 4.79. The van der Waals surface area contributed by atoms with Crippen LogP contribution in [-0.4, -0.2) is 19.4 Å². The maximum Gasteiger partial charge on any atom is 0.172 e. The molecule has 0 N–H and O–H groups in total. The number of hydrogen-bond donors (Lipinski definition) is 0. The molecule has 0 aromatic heterocycles. The number of hydrogen-bond acceptors (Lipinski definition) is 3. The second kappa shape index (κ2) is 2.67. The Balaban J connectivity index is 2.23. The lowest BCUT2D eigenvalue weighted by molar-refractivity contribution is 0.226. The van der Waals surface area contributed by atoms with Crippen LogP contribution in [0.1, 0.15) is 6.42 Å². The molecular formula is C5H8NO2. The molecule has 3 heteroatoms. The standard InChI is InChI=1S/C5H8NO2/c1-7-4-5-2-3-8-6-5/h3H,2,4H2,1H3. The normalized spacial score (nSPS) is 17.9. The van der Waals surface area contributed by atoms with Crippen LogP contribution in [-0.2, 0) is 9.57 Å². The van der Waals surface area contributed by atoms with E-state index in [1.165, 1.54) is 0 Å². The van der Waals surface area contributed by atoms with Crippen LogP contribution in [0.5, 0.6) is 0 Å². The zero-order valence-electron chi connectivity index (χ0n) is 4.76. The van der Waals surface area contributed by atoms with Crippen molar-refractivity contribution < 1.29 is 9.57 Å². The highest BCUT2D eigenvalue weighted by molar-refractivity contribution is 5.86. The third-order valence-electron chi connectivity index (χ3n) is 0.886. The average Bonchev–Trinajstić information content (AvgIpc) is 2.19. The van der Waals surface area contributed by atoms with Crippen molar-refractivity contribution in [1.82, 2.24) is 0 Å². The summed E-state index contributed by atoms with van der Waals surface area (Å²) < 4.78 is 4.79. The van der Waals surface area contributed by atoms with Gasteiger partial charge in [0, 0.05) is 13.5 Å². The fraction of sp³-hybridized carbons (Fsp3) is 0.600. The Kier molecular flexibility index (Phi) is 1.86. The van der Waals surface area contributed by atoms with Crippen LogP contribution in [0.15, 0.2) is 5.16 Å². The summed E-state index contributed by atoms with van der Waals surface area (Å²) in [5.41, 5.74) is 0.951. The highest BCUT2D eigenvalue weighted by Gasteiger charge is 2.06. The van der Waals surface area contributed by atoms with Crippen LogP contribution in [0.3, 0.4) is 0 Å². The van der Waals surface area contributed by atoms with E-state index in [1.54, 1.807) is 13.7 Å². The van der Waals surface area contributed by atoms with Crippen molar-refractivity contribution in [1.29, 1.82) is 0 Å². The van der Waals surface area contributed by atoms with E-state index in [2.05, 4.69) is 9.99 Å². The van der Waals surface area contributed by atoms with Gasteiger partial charge in [-0.2, -0.15) is 0 Å². The molecule has 1 rings (SSSR count). The number of rotatable bonds is 2. The van der Waals surface area contributed by atoms with E-state index in [0.717, 1.165) is 12.1 Å². The lowest BCUT2D eigenvalue weighted by Crippen LogP contribution is -2.01. The molecule has 0 saturated carbocycles. The van der Waals surface area contributed by atoms with Gasteiger partial charge in [0.1, 0.15) is 0 Å². The third kappa shape index (κ3) is 1.20. The molecule has 3 nitrogen and oxygen atoms in total. The van der Waals surface area contributed by atoms with Crippen LogP contribution < -0.4 is 0 Å². The van der Waals surface area contributed by atoms with Gasteiger partial charge in [0.25, 0.3) is 0 Å². The largest absolute Gasteiger partial charge is 0.388 e. The second-order valence-corrected chi connectivity index (χ2v) is 1.57. The lowest BCUT2D eigenvalue weighted by atomic mass is 10.3. The van der Waals surface area contributed by atoms with E-state index in [1.807, 2.05) is 0 Å². The van der Waals surface area contributed by atoms with Gasteiger partial charge in [-0.3, -0.25) is 0 Å². The molecule has 1 heterocycles. The Morgan fingerprint density at radius 1 is 2.00 bits per heavy atom. The van der Waals surface area contributed by atoms with Gasteiger partial charge in [-0.25, -0.2) is 0 Å². The van der Waals surface area contributed by atoms with Gasteiger partial charge in [0.15, 0.2) is 6.61 Å². The third-order valence-corrected chi connectivity index (χ3v) is 0.886. The van der Waals surface area contributed by atoms with Gasteiger partial charge >= 0.3 is 0 Å². The van der Waals surface area contributed by atoms with Crippen molar-refractivity contribution in [2.75, 3.05) is 13.7 Å². The van der Waals surface area contributed by atoms with Crippen molar-refractivity contribution in [3.05, 3.63) is 6.61 Å². The molecule has 0 fully saturated rings. The fourth-order valence-electron chi connectivity index (χ4n) is 0.534. The second-order valence-electron chi connectivity index (χ2n) is 1.57. The van der Waals surface area contributed by atoms with Crippen molar-refractivity contribution in [3.63, 3.8) is 0 Å². The number of methoxy groups -OCH3 is 1. The zero-order valence-corrected chi connectivity index (χ0v) is 4.76. The fourth-order valence-corrected chi connectivity index (χ4v) is 0.534. The first-order chi connectivity index (χ1) is 3.93. The molecular weight excluding hydrogens is 106 g/mol. The highest BCUT2D eigenvalue weighted by Crippen LogP contribution is 2.03. The van der Waals surface area contributed by atoms with E-state index < -0.39 is 0 Å². The van der Waals surface area contributed by atoms with Crippen LogP contribution in [0.2, 0.25) is 0 Å². The van der Waals surface area contributed by atoms with E-state index in [9.17, 15) is 0 Å². The summed E-state index contributed by atoms with van der Waals surface area (Å²) >= 11 is 0. The molecule has 8 heavy (non-hydrogen) atoms. The molecule has 0 spiro atoms. The Labute approximate surface area is 48.3 Å². The molecule has 0 aliphatic carbocycles. The van der Waals surface area contributed by atoms with E-state index in [0.29, 0.717) is 6.61 Å². The summed E-state index contributed by atoms with van der Waals surface area (Å²) in [6.45, 7) is 2.23. The predicted octanol–water partition coefficient (Wildman–Crippen LogP) is 0.571. The van der Waals surface area contributed by atoms with Gasteiger partial charge in [0.2, 0.25) is 0 Å². The number of oxime groups is 1. The van der Waals surface area contributed by atoms with E-state index in [-0.39, 0.29) is 0 Å². The Bertz CT molecular complexity index is 101. The SMILES string of the molecule is COCC1=NO[CH]C1. The molecule has 0 saturated heterocycles. The summed E-state index contributed by atoms with van der Waals surface area (Å²) in [6.07, 6.45) is 0.799. The monoisotopic (exact) mass is 114 g/mol. The summed E-state index contributed by atoms with van der Waals surface area (Å²) in [6, 6.07) is 0. The Morgan fingerprint density at radius 3 is 3.38 bits per heavy atom. The van der Waals surface area contributed by atoms with Crippen LogP contribution in [0.4, 0.5) is 0 Å². The summed E-state index contributed by atoms with van der Waals surface area (Å²) in [5.74, 6) is 0. The minimum atomic E-state index is 0.580. The van der Waals surface area contributed by atoms with E-state index in [4.69, 9.17) is 4.74 Å². The molecule has 0 aromatic rings. The average molecular weight is 114 g/mol. The van der Waals surface area contributed by atoms with Gasteiger partial charge in [-0.1, -0.05) is 5.16 Å². The van der Waals surface area contributed by atoms with Gasteiger partial charge < -0.3 is 9.57 Å². The molecule has 0 aromatic carbocycles. The van der Waals surface area contributed by atoms with Gasteiger partial charge in [-0.05, 0) is 0 Å². The molecule has 1 aliphatic rings. The van der Waals surface area contributed by atoms with Crippen LogP contribution in [0, 0.1) is 6.61 Å². The van der Waals surface area contributed by atoms with Crippen molar-refractivity contribution in [3.8, 4) is 0 Å². The molecule has 0 amide bonds. The molecule has 0 atom stereocenters. The first-order valence-corrected chi connectivity index (χ1v) is 2.45. The summed E-state index contributed by atoms with van der Waals surface area (Å²) in [7, 11) is 1.64. The van der Waals surface area contributed by atoms with Gasteiger partial charge in [-0.15, -0.1) is 0 Å². The number of ether oxygens (including phenoxy) is 1. The molecule has 0 unspecified atom stereocenters. The Morgan fingerprint density at radius 2 is 2.88 bits per heavy atom. The minimum Gasteiger partial charge on any atom is -0.388 e. The van der Waals surface area contributed by atoms with Crippen molar-refractivity contribution in [2.45, 2.75) is 6.42 Å². The van der Waals surface area contributed by atoms with Crippen molar-refractivity contribution in [2.24, 2.45) is 5.16 Å². The van der Waals surface area contributed by atoms with Crippen LogP contribution in [0.25, 0.3) is 0 Å². The zero-order chi connectivity index (χ0) is 5.82. The summed E-state index contributed by atoms with van der Waals surface area (Å²) in [5, 5.41) is 3.66. The topological polar surface area (TPSA) is 30.8 Å².